The Morgan fingerprint density at radius 3 is 1.30 bits per heavy atom. The second-order valence-corrected chi connectivity index (χ2v) is 7.56. The van der Waals surface area contributed by atoms with Crippen LogP contribution in [-0.4, -0.2) is 23.1 Å². The van der Waals surface area contributed by atoms with Gasteiger partial charge in [-0.15, -0.1) is 0 Å². The summed E-state index contributed by atoms with van der Waals surface area (Å²) in [6.45, 7) is 11.1. The van der Waals surface area contributed by atoms with Crippen LogP contribution in [0.4, 0.5) is 0 Å². The summed E-state index contributed by atoms with van der Waals surface area (Å²) in [7, 11) is 0. The maximum absolute atomic E-state index is 12.3. The standard InChI is InChI=1S/C16H28O4/c1-15(2,3)19-13(17)11-9-7-8-10-12(11)14(18)20-16(4,5)6/h11-12H,7-10H2,1-6H3/t11-,12-/m1/s1. The second-order valence-electron chi connectivity index (χ2n) is 7.56. The first-order chi connectivity index (χ1) is 8.99. The van der Waals surface area contributed by atoms with Crippen LogP contribution in [0.2, 0.25) is 0 Å². The maximum Gasteiger partial charge on any atom is 0.310 e. The predicted molar refractivity (Wildman–Crippen MR) is 77.1 cm³/mol. The monoisotopic (exact) mass is 284 g/mol. The third-order valence-corrected chi connectivity index (χ3v) is 3.19. The van der Waals surface area contributed by atoms with Gasteiger partial charge in [-0.3, -0.25) is 9.59 Å². The summed E-state index contributed by atoms with van der Waals surface area (Å²) in [5.74, 6) is -1.27. The molecule has 20 heavy (non-hydrogen) atoms. The molecule has 0 radical (unpaired) electrons. The highest BCUT2D eigenvalue weighted by molar-refractivity contribution is 5.82. The highest BCUT2D eigenvalue weighted by atomic mass is 16.6. The lowest BCUT2D eigenvalue weighted by atomic mass is 9.79. The molecule has 0 saturated heterocycles. The van der Waals surface area contributed by atoms with E-state index in [4.69, 9.17) is 9.47 Å². The Bertz CT molecular complexity index is 324. The summed E-state index contributed by atoms with van der Waals surface area (Å²) < 4.78 is 10.9. The van der Waals surface area contributed by atoms with E-state index in [0.29, 0.717) is 12.8 Å². The largest absolute Gasteiger partial charge is 0.460 e. The molecule has 0 bridgehead atoms. The predicted octanol–water partition coefficient (Wildman–Crippen LogP) is 3.48. The Kier molecular flexibility index (Phi) is 5.22. The Hall–Kier alpha value is -1.06. The number of rotatable bonds is 2. The van der Waals surface area contributed by atoms with Crippen LogP contribution >= 0.6 is 0 Å². The molecule has 0 N–H and O–H groups in total. The molecular formula is C16H28O4. The Labute approximate surface area is 122 Å². The molecule has 1 rings (SSSR count). The van der Waals surface area contributed by atoms with E-state index in [-0.39, 0.29) is 23.8 Å². The number of ether oxygens (including phenoxy) is 2. The SMILES string of the molecule is CC(C)(C)OC(=O)[C@@H]1CCCC[C@H]1C(=O)OC(C)(C)C. The zero-order chi connectivity index (χ0) is 15.6. The molecule has 0 heterocycles. The van der Waals surface area contributed by atoms with Crippen LogP contribution in [-0.2, 0) is 19.1 Å². The van der Waals surface area contributed by atoms with Crippen molar-refractivity contribution in [3.05, 3.63) is 0 Å². The zero-order valence-electron chi connectivity index (χ0n) is 13.6. The first kappa shape index (κ1) is 17.0. The van der Waals surface area contributed by atoms with E-state index < -0.39 is 11.2 Å². The Morgan fingerprint density at radius 2 is 1.05 bits per heavy atom. The third-order valence-electron chi connectivity index (χ3n) is 3.19. The van der Waals surface area contributed by atoms with E-state index in [0.717, 1.165) is 12.8 Å². The molecule has 1 aliphatic carbocycles. The lowest BCUT2D eigenvalue weighted by Gasteiger charge is -2.32. The maximum atomic E-state index is 12.3. The van der Waals surface area contributed by atoms with Gasteiger partial charge in [0.15, 0.2) is 0 Å². The number of carbonyl (C=O) groups excluding carboxylic acids is 2. The molecule has 4 heteroatoms. The average molecular weight is 284 g/mol. The summed E-state index contributed by atoms with van der Waals surface area (Å²) in [5, 5.41) is 0. The quantitative estimate of drug-likeness (QED) is 0.728. The minimum Gasteiger partial charge on any atom is -0.460 e. The minimum absolute atomic E-state index is 0.270. The van der Waals surface area contributed by atoms with Crippen molar-refractivity contribution in [1.82, 2.24) is 0 Å². The van der Waals surface area contributed by atoms with Gasteiger partial charge in [0.25, 0.3) is 0 Å². The molecule has 0 unspecified atom stereocenters. The van der Waals surface area contributed by atoms with E-state index in [1.165, 1.54) is 0 Å². The van der Waals surface area contributed by atoms with Gasteiger partial charge >= 0.3 is 11.9 Å². The molecular weight excluding hydrogens is 256 g/mol. The molecule has 1 saturated carbocycles. The van der Waals surface area contributed by atoms with Crippen molar-refractivity contribution < 1.29 is 19.1 Å². The Morgan fingerprint density at radius 1 is 0.750 bits per heavy atom. The smallest absolute Gasteiger partial charge is 0.310 e. The topological polar surface area (TPSA) is 52.6 Å². The van der Waals surface area contributed by atoms with E-state index in [1.807, 2.05) is 41.5 Å². The van der Waals surface area contributed by atoms with Crippen molar-refractivity contribution in [2.75, 3.05) is 0 Å². The molecule has 0 aliphatic heterocycles. The molecule has 0 aromatic heterocycles. The highest BCUT2D eigenvalue weighted by Gasteiger charge is 2.40. The summed E-state index contributed by atoms with van der Waals surface area (Å²) in [5.41, 5.74) is -1.04. The van der Waals surface area contributed by atoms with E-state index in [1.54, 1.807) is 0 Å². The van der Waals surface area contributed by atoms with Gasteiger partial charge in [0.1, 0.15) is 11.2 Å². The molecule has 0 aromatic carbocycles. The average Bonchev–Trinajstić information content (AvgIpc) is 2.24. The normalized spacial score (nSPS) is 24.1. The molecule has 4 nitrogen and oxygen atoms in total. The summed E-state index contributed by atoms with van der Waals surface area (Å²) in [6.07, 6.45) is 3.34. The summed E-state index contributed by atoms with van der Waals surface area (Å²) in [4.78, 5) is 24.5. The molecule has 0 amide bonds. The van der Waals surface area contributed by atoms with Gasteiger partial charge in [0.05, 0.1) is 11.8 Å². The first-order valence-corrected chi connectivity index (χ1v) is 7.45. The molecule has 116 valence electrons. The fraction of sp³-hybridized carbons (Fsp3) is 0.875. The van der Waals surface area contributed by atoms with Gasteiger partial charge in [-0.05, 0) is 54.4 Å². The van der Waals surface area contributed by atoms with E-state index in [9.17, 15) is 9.59 Å². The van der Waals surface area contributed by atoms with Crippen molar-refractivity contribution in [3.8, 4) is 0 Å². The van der Waals surface area contributed by atoms with Crippen molar-refractivity contribution in [3.63, 3.8) is 0 Å². The first-order valence-electron chi connectivity index (χ1n) is 7.45. The fourth-order valence-electron chi connectivity index (χ4n) is 2.45. The molecule has 0 aromatic rings. The molecule has 1 aliphatic rings. The fourth-order valence-corrected chi connectivity index (χ4v) is 2.45. The van der Waals surface area contributed by atoms with Crippen molar-refractivity contribution in [2.24, 2.45) is 11.8 Å². The van der Waals surface area contributed by atoms with E-state index in [2.05, 4.69) is 0 Å². The third kappa shape index (κ3) is 5.51. The summed E-state index contributed by atoms with van der Waals surface area (Å²) in [6, 6.07) is 0. The lowest BCUT2D eigenvalue weighted by molar-refractivity contribution is -0.175. The van der Waals surface area contributed by atoms with Crippen molar-refractivity contribution in [2.45, 2.75) is 78.4 Å². The number of hydrogen-bond acceptors (Lipinski definition) is 4. The van der Waals surface area contributed by atoms with Crippen LogP contribution in [0.3, 0.4) is 0 Å². The number of esters is 2. The number of carbonyl (C=O) groups is 2. The molecule has 2 atom stereocenters. The number of hydrogen-bond donors (Lipinski definition) is 0. The van der Waals surface area contributed by atoms with Gasteiger partial charge in [0, 0.05) is 0 Å². The van der Waals surface area contributed by atoms with Gasteiger partial charge in [0.2, 0.25) is 0 Å². The van der Waals surface area contributed by atoms with Crippen LogP contribution < -0.4 is 0 Å². The van der Waals surface area contributed by atoms with Crippen molar-refractivity contribution >= 4 is 11.9 Å². The van der Waals surface area contributed by atoms with Crippen LogP contribution in [0, 0.1) is 11.8 Å². The van der Waals surface area contributed by atoms with Crippen LogP contribution in [0.15, 0.2) is 0 Å². The van der Waals surface area contributed by atoms with Crippen LogP contribution in [0.25, 0.3) is 0 Å². The van der Waals surface area contributed by atoms with Gasteiger partial charge in [-0.1, -0.05) is 12.8 Å². The van der Waals surface area contributed by atoms with Gasteiger partial charge in [-0.2, -0.15) is 0 Å². The minimum atomic E-state index is -0.521. The molecule has 1 fully saturated rings. The van der Waals surface area contributed by atoms with Gasteiger partial charge < -0.3 is 9.47 Å². The lowest BCUT2D eigenvalue weighted by Crippen LogP contribution is -2.40. The van der Waals surface area contributed by atoms with Crippen molar-refractivity contribution in [1.29, 1.82) is 0 Å². The van der Waals surface area contributed by atoms with E-state index >= 15 is 0 Å². The second kappa shape index (κ2) is 6.15. The van der Waals surface area contributed by atoms with Crippen LogP contribution in [0.1, 0.15) is 67.2 Å². The summed E-state index contributed by atoms with van der Waals surface area (Å²) >= 11 is 0. The zero-order valence-corrected chi connectivity index (χ0v) is 13.6. The Balaban J connectivity index is 2.76. The molecule has 0 spiro atoms. The highest BCUT2D eigenvalue weighted by Crippen LogP contribution is 2.33. The van der Waals surface area contributed by atoms with Crippen LogP contribution in [0.5, 0.6) is 0 Å². The van der Waals surface area contributed by atoms with Gasteiger partial charge in [-0.25, -0.2) is 0 Å².